The molecule has 1 aliphatic carbocycles. The molecule has 0 radical (unpaired) electrons. The molecule has 19 heavy (non-hydrogen) atoms. The Balaban J connectivity index is 1.84. The van der Waals surface area contributed by atoms with Crippen LogP contribution < -0.4 is 5.32 Å². The summed E-state index contributed by atoms with van der Waals surface area (Å²) in [7, 11) is 0. The summed E-state index contributed by atoms with van der Waals surface area (Å²) >= 11 is 0. The van der Waals surface area contributed by atoms with Gasteiger partial charge >= 0.3 is 5.97 Å². The largest absolute Gasteiger partial charge is 0.449 e. The van der Waals surface area contributed by atoms with Crippen molar-refractivity contribution in [3.63, 3.8) is 0 Å². The molecule has 0 spiro atoms. The highest BCUT2D eigenvalue weighted by molar-refractivity contribution is 5.91. The van der Waals surface area contributed by atoms with Crippen LogP contribution in [0, 0.1) is 0 Å². The first-order valence-electron chi connectivity index (χ1n) is 6.58. The molecule has 0 unspecified atom stereocenters. The number of carbonyl (C=O) groups excluding carboxylic acids is 2. The monoisotopic (exact) mass is 262 g/mol. The Bertz CT molecular complexity index is 441. The summed E-state index contributed by atoms with van der Waals surface area (Å²) in [4.78, 5) is 27.5. The van der Waals surface area contributed by atoms with Crippen molar-refractivity contribution in [3.05, 3.63) is 30.1 Å². The fourth-order valence-corrected chi connectivity index (χ4v) is 2.15. The van der Waals surface area contributed by atoms with E-state index in [4.69, 9.17) is 4.74 Å². The van der Waals surface area contributed by atoms with Gasteiger partial charge < -0.3 is 10.1 Å². The quantitative estimate of drug-likeness (QED) is 0.838. The lowest BCUT2D eigenvalue weighted by molar-refractivity contribution is -0.129. The van der Waals surface area contributed by atoms with E-state index in [1.54, 1.807) is 25.3 Å². The molecule has 5 nitrogen and oxygen atoms in total. The minimum Gasteiger partial charge on any atom is -0.449 e. The lowest BCUT2D eigenvalue weighted by Crippen LogP contribution is -2.40. The van der Waals surface area contributed by atoms with Gasteiger partial charge in [-0.3, -0.25) is 9.78 Å². The van der Waals surface area contributed by atoms with Gasteiger partial charge in [-0.1, -0.05) is 12.8 Å². The van der Waals surface area contributed by atoms with Crippen molar-refractivity contribution in [3.8, 4) is 0 Å². The minimum atomic E-state index is -0.784. The Hall–Kier alpha value is -1.91. The van der Waals surface area contributed by atoms with Gasteiger partial charge in [0, 0.05) is 18.4 Å². The molecule has 2 rings (SSSR count). The van der Waals surface area contributed by atoms with Crippen molar-refractivity contribution in [1.82, 2.24) is 10.3 Å². The number of carbonyl (C=O) groups is 2. The molecule has 1 heterocycles. The number of esters is 1. The van der Waals surface area contributed by atoms with Crippen LogP contribution in [0.15, 0.2) is 24.5 Å². The normalized spacial score (nSPS) is 16.9. The second kappa shape index (κ2) is 6.31. The molecule has 0 aliphatic heterocycles. The fraction of sp³-hybridized carbons (Fsp3) is 0.500. The third kappa shape index (κ3) is 3.77. The molecule has 0 bridgehead atoms. The Kier molecular flexibility index (Phi) is 4.49. The molecule has 0 saturated heterocycles. The summed E-state index contributed by atoms with van der Waals surface area (Å²) in [6, 6.07) is 3.49. The first kappa shape index (κ1) is 13.5. The number of nitrogens with zero attached hydrogens (tertiary/aromatic N) is 1. The maximum Gasteiger partial charge on any atom is 0.340 e. The van der Waals surface area contributed by atoms with Crippen LogP contribution in [0.4, 0.5) is 0 Å². The minimum absolute atomic E-state index is 0.229. The van der Waals surface area contributed by atoms with Crippen molar-refractivity contribution >= 4 is 11.9 Å². The molecule has 1 fully saturated rings. The van der Waals surface area contributed by atoms with Crippen molar-refractivity contribution in [2.75, 3.05) is 0 Å². The van der Waals surface area contributed by atoms with Crippen LogP contribution >= 0.6 is 0 Å². The zero-order chi connectivity index (χ0) is 13.7. The summed E-state index contributed by atoms with van der Waals surface area (Å²) < 4.78 is 5.12. The summed E-state index contributed by atoms with van der Waals surface area (Å²) in [6.45, 7) is 1.58. The smallest absolute Gasteiger partial charge is 0.340 e. The average Bonchev–Trinajstić information content (AvgIpc) is 2.92. The number of ether oxygens (including phenoxy) is 1. The number of rotatable bonds is 4. The molecule has 102 valence electrons. The van der Waals surface area contributed by atoms with Crippen LogP contribution in [-0.4, -0.2) is 29.0 Å². The van der Waals surface area contributed by atoms with Gasteiger partial charge in [0.1, 0.15) is 0 Å². The van der Waals surface area contributed by atoms with E-state index in [9.17, 15) is 9.59 Å². The Labute approximate surface area is 112 Å². The number of aromatic nitrogens is 1. The van der Waals surface area contributed by atoms with E-state index in [0.29, 0.717) is 5.56 Å². The van der Waals surface area contributed by atoms with Crippen molar-refractivity contribution in [2.45, 2.75) is 44.8 Å². The lowest BCUT2D eigenvalue weighted by atomic mass is 10.2. The molecule has 1 amide bonds. The van der Waals surface area contributed by atoms with E-state index < -0.39 is 12.1 Å². The van der Waals surface area contributed by atoms with E-state index in [1.165, 1.54) is 6.20 Å². The number of hydrogen-bond donors (Lipinski definition) is 1. The molecule has 5 heteroatoms. The zero-order valence-corrected chi connectivity index (χ0v) is 11.0. The van der Waals surface area contributed by atoms with Gasteiger partial charge in [0.2, 0.25) is 0 Å². The van der Waals surface area contributed by atoms with Crippen LogP contribution in [0.1, 0.15) is 43.0 Å². The summed E-state index contributed by atoms with van der Waals surface area (Å²) in [5.74, 6) is -0.758. The highest BCUT2D eigenvalue weighted by Gasteiger charge is 2.23. The van der Waals surface area contributed by atoms with Gasteiger partial charge in [0.15, 0.2) is 6.10 Å². The van der Waals surface area contributed by atoms with Crippen molar-refractivity contribution < 1.29 is 14.3 Å². The molecule has 1 saturated carbocycles. The van der Waals surface area contributed by atoms with Crippen LogP contribution in [0.25, 0.3) is 0 Å². The van der Waals surface area contributed by atoms with Crippen LogP contribution in [0.5, 0.6) is 0 Å². The number of nitrogens with one attached hydrogen (secondary N) is 1. The van der Waals surface area contributed by atoms with E-state index in [-0.39, 0.29) is 11.9 Å². The SMILES string of the molecule is C[C@H](OC(=O)c1cccnc1)C(=O)NC1CCCC1. The Morgan fingerprint density at radius 2 is 2.16 bits per heavy atom. The molecule has 1 aliphatic rings. The molecule has 1 aromatic rings. The van der Waals surface area contributed by atoms with Gasteiger partial charge in [-0.2, -0.15) is 0 Å². The maximum atomic E-state index is 11.9. The number of pyridine rings is 1. The summed E-state index contributed by atoms with van der Waals surface area (Å²) in [6.07, 6.45) is 6.53. The van der Waals surface area contributed by atoms with Gasteiger partial charge in [0.25, 0.3) is 5.91 Å². The summed E-state index contributed by atoms with van der Waals surface area (Å²) in [5, 5.41) is 2.90. The third-order valence-electron chi connectivity index (χ3n) is 3.25. The predicted octanol–water partition coefficient (Wildman–Crippen LogP) is 1.69. The third-order valence-corrected chi connectivity index (χ3v) is 3.25. The van der Waals surface area contributed by atoms with Crippen LogP contribution in [0.2, 0.25) is 0 Å². The van der Waals surface area contributed by atoms with Gasteiger partial charge in [-0.15, -0.1) is 0 Å². The van der Waals surface area contributed by atoms with Crippen molar-refractivity contribution in [2.24, 2.45) is 0 Å². The predicted molar refractivity (Wildman–Crippen MR) is 69.5 cm³/mol. The molecular weight excluding hydrogens is 244 g/mol. The highest BCUT2D eigenvalue weighted by Crippen LogP contribution is 2.17. The highest BCUT2D eigenvalue weighted by atomic mass is 16.5. The van der Waals surface area contributed by atoms with Crippen molar-refractivity contribution in [1.29, 1.82) is 0 Å². The van der Waals surface area contributed by atoms with E-state index in [0.717, 1.165) is 25.7 Å². The van der Waals surface area contributed by atoms with Gasteiger partial charge in [-0.25, -0.2) is 4.79 Å². The molecular formula is C14H18N2O3. The topological polar surface area (TPSA) is 68.3 Å². The van der Waals surface area contributed by atoms with E-state index >= 15 is 0 Å². The number of amides is 1. The second-order valence-electron chi connectivity index (χ2n) is 4.78. The molecule has 0 aromatic carbocycles. The second-order valence-corrected chi connectivity index (χ2v) is 4.78. The lowest BCUT2D eigenvalue weighted by Gasteiger charge is -2.17. The average molecular weight is 262 g/mol. The summed E-state index contributed by atoms with van der Waals surface area (Å²) in [5.41, 5.74) is 0.350. The van der Waals surface area contributed by atoms with Gasteiger partial charge in [0.05, 0.1) is 5.56 Å². The van der Waals surface area contributed by atoms with E-state index in [2.05, 4.69) is 10.3 Å². The fourth-order valence-electron chi connectivity index (χ4n) is 2.15. The first-order valence-corrected chi connectivity index (χ1v) is 6.58. The standard InChI is InChI=1S/C14H18N2O3/c1-10(13(17)16-12-6-2-3-7-12)19-14(18)11-5-4-8-15-9-11/h4-5,8-10,12H,2-3,6-7H2,1H3,(H,16,17)/t10-/m0/s1. The van der Waals surface area contributed by atoms with Crippen LogP contribution in [-0.2, 0) is 9.53 Å². The van der Waals surface area contributed by atoms with E-state index in [1.807, 2.05) is 0 Å². The Morgan fingerprint density at radius 1 is 1.42 bits per heavy atom. The first-order chi connectivity index (χ1) is 9.16. The van der Waals surface area contributed by atoms with Gasteiger partial charge in [-0.05, 0) is 31.9 Å². The van der Waals surface area contributed by atoms with Crippen LogP contribution in [0.3, 0.4) is 0 Å². The number of hydrogen-bond acceptors (Lipinski definition) is 4. The maximum absolute atomic E-state index is 11.9. The zero-order valence-electron chi connectivity index (χ0n) is 11.0. The molecule has 1 atom stereocenters. The molecule has 1 N–H and O–H groups in total. The molecule has 1 aromatic heterocycles. The Morgan fingerprint density at radius 3 is 2.79 bits per heavy atom.